The first kappa shape index (κ1) is 58.9. The van der Waals surface area contributed by atoms with E-state index in [9.17, 15) is 19.8 Å². The molecule has 0 rings (SSSR count). The first-order valence-corrected chi connectivity index (χ1v) is 27.4. The monoisotopic (exact) mass is 849 g/mol. The van der Waals surface area contributed by atoms with Gasteiger partial charge in [0.2, 0.25) is 11.8 Å². The molecule has 0 radical (unpaired) electrons. The summed E-state index contributed by atoms with van der Waals surface area (Å²) >= 11 is 0. The van der Waals surface area contributed by atoms with Crippen molar-refractivity contribution in [3.05, 3.63) is 0 Å². The van der Waals surface area contributed by atoms with E-state index >= 15 is 0 Å². The third-order valence-corrected chi connectivity index (χ3v) is 13.0. The van der Waals surface area contributed by atoms with Gasteiger partial charge in [-0.2, -0.15) is 0 Å². The van der Waals surface area contributed by atoms with Crippen molar-refractivity contribution in [2.24, 2.45) is 0 Å². The zero-order valence-corrected chi connectivity index (χ0v) is 40.8. The summed E-state index contributed by atoms with van der Waals surface area (Å²) in [7, 11) is 0. The summed E-state index contributed by atoms with van der Waals surface area (Å²) in [5.41, 5.74) is 0. The number of aliphatic hydroxyl groups is 2. The largest absolute Gasteiger partial charge is 0.383 e. The number of hydrogen-bond donors (Lipinski definition) is 4. The fourth-order valence-electron chi connectivity index (χ4n) is 8.71. The Morgan fingerprint density at radius 1 is 0.283 bits per heavy atom. The number of unbranched alkanes of at least 4 members (excludes halogenated alkanes) is 41. The molecule has 2 amide bonds. The summed E-state index contributed by atoms with van der Waals surface area (Å²) in [5, 5.41) is 26.3. The highest BCUT2D eigenvalue weighted by molar-refractivity contribution is 5.80. The molecule has 0 aliphatic rings. The van der Waals surface area contributed by atoms with E-state index in [-0.39, 0.29) is 11.8 Å². The van der Waals surface area contributed by atoms with E-state index < -0.39 is 12.2 Å². The number of carbonyl (C=O) groups is 2. The number of aliphatic hydroxyl groups excluding tert-OH is 2. The highest BCUT2D eigenvalue weighted by atomic mass is 16.3. The minimum absolute atomic E-state index is 0.241. The van der Waals surface area contributed by atoms with E-state index in [0.29, 0.717) is 25.9 Å². The lowest BCUT2D eigenvalue weighted by molar-refractivity contribution is -0.130. The van der Waals surface area contributed by atoms with Gasteiger partial charge in [0.25, 0.3) is 0 Å². The van der Waals surface area contributed by atoms with E-state index in [1.807, 2.05) is 0 Å². The zero-order valence-electron chi connectivity index (χ0n) is 40.8. The fraction of sp³-hybridized carbons (Fsp3) is 0.963. The van der Waals surface area contributed by atoms with Gasteiger partial charge < -0.3 is 20.8 Å². The molecule has 0 heterocycles. The van der Waals surface area contributed by atoms with Gasteiger partial charge in [0.1, 0.15) is 12.2 Å². The van der Waals surface area contributed by atoms with Gasteiger partial charge in [-0.15, -0.1) is 0 Å². The number of carbonyl (C=O) groups excluding carboxylic acids is 2. The summed E-state index contributed by atoms with van der Waals surface area (Å²) in [6.45, 7) is 5.74. The molecule has 60 heavy (non-hydrogen) atoms. The lowest BCUT2D eigenvalue weighted by atomic mass is 10.0. The second-order valence-electron chi connectivity index (χ2n) is 19.0. The van der Waals surface area contributed by atoms with Crippen molar-refractivity contribution in [1.82, 2.24) is 10.6 Å². The van der Waals surface area contributed by atoms with Crippen LogP contribution in [0.4, 0.5) is 0 Å². The molecule has 4 N–H and O–H groups in total. The Kier molecular flexibility index (Phi) is 49.5. The van der Waals surface area contributed by atoms with Crippen LogP contribution in [0.25, 0.3) is 0 Å². The molecule has 0 aromatic rings. The lowest BCUT2D eigenvalue weighted by Gasteiger charge is -2.12. The van der Waals surface area contributed by atoms with Crippen LogP contribution in [0.2, 0.25) is 0 Å². The molecule has 0 aromatic carbocycles. The van der Waals surface area contributed by atoms with E-state index in [0.717, 1.165) is 51.4 Å². The third-order valence-electron chi connectivity index (χ3n) is 13.0. The van der Waals surface area contributed by atoms with Crippen molar-refractivity contribution >= 4 is 11.8 Å². The molecule has 0 aliphatic heterocycles. The van der Waals surface area contributed by atoms with Crippen LogP contribution in [-0.4, -0.2) is 47.3 Å². The highest BCUT2D eigenvalue weighted by Gasteiger charge is 2.15. The molecule has 2 unspecified atom stereocenters. The van der Waals surface area contributed by atoms with Crippen LogP contribution < -0.4 is 10.6 Å². The van der Waals surface area contributed by atoms with Gasteiger partial charge in [-0.05, 0) is 25.7 Å². The molecule has 2 atom stereocenters. The van der Waals surface area contributed by atoms with Crippen molar-refractivity contribution in [2.75, 3.05) is 13.1 Å². The molecule has 0 saturated heterocycles. The summed E-state index contributed by atoms with van der Waals surface area (Å²) in [4.78, 5) is 24.5. The average Bonchev–Trinajstić information content (AvgIpc) is 3.25. The molecule has 0 aliphatic carbocycles. The number of amides is 2. The summed E-state index contributed by atoms with van der Waals surface area (Å²) in [6.07, 6.45) is 56.9. The standard InChI is InChI=1S/C54H108N2O4/c1-3-5-7-9-11-13-15-17-19-21-23-25-27-29-31-33-35-37-39-43-47-51(57)53(59)55-49-45-41-42-46-50-56-54(60)52(58)48-44-40-38-36-34-32-30-28-26-24-22-20-18-16-14-12-10-8-6-4-2/h51-52,57-58H,3-50H2,1-2H3,(H,55,59)(H,56,60). The zero-order chi connectivity index (χ0) is 43.7. The summed E-state index contributed by atoms with van der Waals surface area (Å²) in [6, 6.07) is 0. The molecule has 0 fully saturated rings. The van der Waals surface area contributed by atoms with E-state index in [2.05, 4.69) is 24.5 Å². The van der Waals surface area contributed by atoms with Crippen molar-refractivity contribution in [2.45, 2.75) is 321 Å². The van der Waals surface area contributed by atoms with Gasteiger partial charge in [0.15, 0.2) is 0 Å². The van der Waals surface area contributed by atoms with Crippen LogP contribution in [0.3, 0.4) is 0 Å². The summed E-state index contributed by atoms with van der Waals surface area (Å²) in [5.74, 6) is -0.483. The van der Waals surface area contributed by atoms with E-state index in [1.165, 1.54) is 231 Å². The molecular formula is C54H108N2O4. The van der Waals surface area contributed by atoms with Crippen LogP contribution in [0, 0.1) is 0 Å². The Morgan fingerprint density at radius 3 is 0.650 bits per heavy atom. The van der Waals surface area contributed by atoms with Crippen LogP contribution in [0.5, 0.6) is 0 Å². The quantitative estimate of drug-likeness (QED) is 0.0458. The second-order valence-corrected chi connectivity index (χ2v) is 19.0. The Bertz CT molecular complexity index is 786. The SMILES string of the molecule is CCCCCCCCCCCCCCCCCCCCCCC(O)C(=O)NCCCCCCNC(=O)C(O)CCCCCCCCCCCCCCCCCCCCCC. The van der Waals surface area contributed by atoms with Crippen LogP contribution >= 0.6 is 0 Å². The molecule has 0 aromatic heterocycles. The van der Waals surface area contributed by atoms with Gasteiger partial charge in [-0.1, -0.05) is 284 Å². The van der Waals surface area contributed by atoms with Gasteiger partial charge in [0, 0.05) is 13.1 Å². The Labute approximate surface area is 375 Å². The normalized spacial score (nSPS) is 12.5. The topological polar surface area (TPSA) is 98.7 Å². The Morgan fingerprint density at radius 2 is 0.450 bits per heavy atom. The van der Waals surface area contributed by atoms with Gasteiger partial charge in [0.05, 0.1) is 0 Å². The van der Waals surface area contributed by atoms with E-state index in [4.69, 9.17) is 0 Å². The highest BCUT2D eigenvalue weighted by Crippen LogP contribution is 2.17. The Hall–Kier alpha value is -1.14. The average molecular weight is 849 g/mol. The molecule has 6 heteroatoms. The van der Waals surface area contributed by atoms with Crippen LogP contribution in [-0.2, 0) is 9.59 Å². The maximum Gasteiger partial charge on any atom is 0.248 e. The van der Waals surface area contributed by atoms with Crippen molar-refractivity contribution < 1.29 is 19.8 Å². The molecule has 358 valence electrons. The minimum Gasteiger partial charge on any atom is -0.383 e. The molecule has 0 spiro atoms. The van der Waals surface area contributed by atoms with Crippen molar-refractivity contribution in [3.63, 3.8) is 0 Å². The third kappa shape index (κ3) is 46.4. The maximum atomic E-state index is 12.3. The van der Waals surface area contributed by atoms with Crippen molar-refractivity contribution in [1.29, 1.82) is 0 Å². The predicted octanol–water partition coefficient (Wildman–Crippen LogP) is 15.9. The number of nitrogens with one attached hydrogen (secondary N) is 2. The Balaban J connectivity index is 3.39. The maximum absolute atomic E-state index is 12.3. The van der Waals surface area contributed by atoms with Gasteiger partial charge in [-0.3, -0.25) is 9.59 Å². The molecular weight excluding hydrogens is 741 g/mol. The first-order chi connectivity index (χ1) is 29.5. The van der Waals surface area contributed by atoms with Gasteiger partial charge in [-0.25, -0.2) is 0 Å². The smallest absolute Gasteiger partial charge is 0.248 e. The second kappa shape index (κ2) is 50.5. The van der Waals surface area contributed by atoms with Crippen molar-refractivity contribution in [3.8, 4) is 0 Å². The fourth-order valence-corrected chi connectivity index (χ4v) is 8.71. The predicted molar refractivity (Wildman–Crippen MR) is 262 cm³/mol. The molecule has 0 bridgehead atoms. The summed E-state index contributed by atoms with van der Waals surface area (Å²) < 4.78 is 0. The lowest BCUT2D eigenvalue weighted by Crippen LogP contribution is -2.35. The van der Waals surface area contributed by atoms with Crippen LogP contribution in [0.15, 0.2) is 0 Å². The molecule has 0 saturated carbocycles. The van der Waals surface area contributed by atoms with E-state index in [1.54, 1.807) is 0 Å². The number of hydrogen-bond acceptors (Lipinski definition) is 4. The minimum atomic E-state index is -0.897. The molecule has 6 nitrogen and oxygen atoms in total. The van der Waals surface area contributed by atoms with Gasteiger partial charge >= 0.3 is 0 Å². The van der Waals surface area contributed by atoms with Crippen LogP contribution in [0.1, 0.15) is 309 Å². The first-order valence-electron chi connectivity index (χ1n) is 27.4. The number of rotatable bonds is 51.